The van der Waals surface area contributed by atoms with Crippen molar-refractivity contribution in [3.8, 4) is 16.8 Å². The zero-order chi connectivity index (χ0) is 21.1. The summed E-state index contributed by atoms with van der Waals surface area (Å²) in [7, 11) is 1.42. The molecule has 0 radical (unpaired) electrons. The average molecular weight is 482 g/mol. The predicted molar refractivity (Wildman–Crippen MR) is 124 cm³/mol. The van der Waals surface area contributed by atoms with Crippen molar-refractivity contribution in [3.63, 3.8) is 0 Å². The fourth-order valence-electron chi connectivity index (χ4n) is 3.32. The lowest BCUT2D eigenvalue weighted by atomic mass is 10.1. The van der Waals surface area contributed by atoms with Gasteiger partial charge in [0, 0.05) is 21.9 Å². The van der Waals surface area contributed by atoms with Crippen LogP contribution in [0.4, 0.5) is 0 Å². The van der Waals surface area contributed by atoms with Gasteiger partial charge in [-0.05, 0) is 36.2 Å². The lowest BCUT2D eigenvalue weighted by Crippen LogP contribution is -2.17. The molecule has 0 aliphatic rings. The van der Waals surface area contributed by atoms with E-state index in [1.54, 1.807) is 6.33 Å². The van der Waals surface area contributed by atoms with Gasteiger partial charge in [0.25, 0.3) is 0 Å². The third kappa shape index (κ3) is 4.00. The highest BCUT2D eigenvalue weighted by molar-refractivity contribution is 9.10. The number of esters is 1. The topological polar surface area (TPSA) is 57.0 Å². The number of hydrogen-bond donors (Lipinski definition) is 0. The van der Waals surface area contributed by atoms with E-state index in [-0.39, 0.29) is 11.2 Å². The third-order valence-corrected chi connectivity index (χ3v) is 6.70. The molecule has 0 aliphatic heterocycles. The smallest absolute Gasteiger partial charge is 0.319 e. The van der Waals surface area contributed by atoms with Crippen LogP contribution in [0.1, 0.15) is 13.3 Å². The molecule has 30 heavy (non-hydrogen) atoms. The lowest BCUT2D eigenvalue weighted by Gasteiger charge is -2.12. The van der Waals surface area contributed by atoms with Gasteiger partial charge in [0.15, 0.2) is 0 Å². The van der Waals surface area contributed by atoms with Gasteiger partial charge in [0.2, 0.25) is 0 Å². The van der Waals surface area contributed by atoms with Crippen LogP contribution in [0.2, 0.25) is 0 Å². The average Bonchev–Trinajstić information content (AvgIpc) is 3.18. The van der Waals surface area contributed by atoms with E-state index >= 15 is 0 Å². The minimum Gasteiger partial charge on any atom is -0.468 e. The van der Waals surface area contributed by atoms with Crippen molar-refractivity contribution in [2.24, 2.45) is 0 Å². The Hall–Kier alpha value is -2.64. The summed E-state index contributed by atoms with van der Waals surface area (Å²) >= 11 is 4.92. The second kappa shape index (κ2) is 9.02. The highest BCUT2D eigenvalue weighted by Crippen LogP contribution is 2.38. The Balaban J connectivity index is 1.93. The van der Waals surface area contributed by atoms with Crippen molar-refractivity contribution < 1.29 is 9.53 Å². The molecule has 2 aromatic carbocycles. The van der Waals surface area contributed by atoms with Crippen LogP contribution in [0, 0.1) is 0 Å². The van der Waals surface area contributed by atoms with Crippen molar-refractivity contribution in [2.75, 3.05) is 7.11 Å². The van der Waals surface area contributed by atoms with Gasteiger partial charge in [-0.1, -0.05) is 64.9 Å². The first-order valence-electron chi connectivity index (χ1n) is 9.54. The highest BCUT2D eigenvalue weighted by atomic mass is 79.9. The molecule has 7 heteroatoms. The van der Waals surface area contributed by atoms with Crippen molar-refractivity contribution in [3.05, 3.63) is 71.6 Å². The SMILES string of the molecule is CC[C@@H](Sc1ncnc2c1c(-c1ccccc1)cn2-c1ccc(Br)cc1)C(=O)OC. The summed E-state index contributed by atoms with van der Waals surface area (Å²) in [6, 6.07) is 18.2. The van der Waals surface area contributed by atoms with Gasteiger partial charge in [-0.2, -0.15) is 0 Å². The van der Waals surface area contributed by atoms with Crippen molar-refractivity contribution in [1.82, 2.24) is 14.5 Å². The molecule has 4 aromatic rings. The van der Waals surface area contributed by atoms with Gasteiger partial charge in [-0.15, -0.1) is 0 Å². The van der Waals surface area contributed by atoms with Gasteiger partial charge >= 0.3 is 5.97 Å². The van der Waals surface area contributed by atoms with Crippen LogP contribution in [0.3, 0.4) is 0 Å². The van der Waals surface area contributed by atoms with E-state index in [0.717, 1.165) is 37.3 Å². The molecule has 0 bridgehead atoms. The largest absolute Gasteiger partial charge is 0.468 e. The Morgan fingerprint density at radius 3 is 2.53 bits per heavy atom. The number of aromatic nitrogens is 3. The molecule has 0 fully saturated rings. The summed E-state index contributed by atoms with van der Waals surface area (Å²) < 4.78 is 8.05. The third-order valence-electron chi connectivity index (χ3n) is 4.83. The Morgan fingerprint density at radius 2 is 1.87 bits per heavy atom. The van der Waals surface area contributed by atoms with Gasteiger partial charge in [-0.3, -0.25) is 4.79 Å². The van der Waals surface area contributed by atoms with Crippen LogP contribution >= 0.6 is 27.7 Å². The van der Waals surface area contributed by atoms with E-state index in [1.165, 1.54) is 18.9 Å². The van der Waals surface area contributed by atoms with E-state index in [9.17, 15) is 4.79 Å². The molecule has 4 rings (SSSR count). The highest BCUT2D eigenvalue weighted by Gasteiger charge is 2.23. The Bertz CT molecular complexity index is 1180. The molecule has 0 saturated carbocycles. The zero-order valence-corrected chi connectivity index (χ0v) is 19.0. The molecule has 0 amide bonds. The van der Waals surface area contributed by atoms with Crippen LogP contribution in [0.5, 0.6) is 0 Å². The fraction of sp³-hybridized carbons (Fsp3) is 0.174. The van der Waals surface area contributed by atoms with Crippen LogP contribution < -0.4 is 0 Å². The molecule has 0 saturated heterocycles. The maximum absolute atomic E-state index is 12.2. The molecule has 0 aliphatic carbocycles. The maximum Gasteiger partial charge on any atom is 0.319 e. The molecule has 2 aromatic heterocycles. The van der Waals surface area contributed by atoms with E-state index < -0.39 is 0 Å². The number of ether oxygens (including phenoxy) is 1. The molecule has 2 heterocycles. The predicted octanol–water partition coefficient (Wildman–Crippen LogP) is 5.89. The van der Waals surface area contributed by atoms with E-state index in [4.69, 9.17) is 4.74 Å². The molecule has 152 valence electrons. The first-order chi connectivity index (χ1) is 14.6. The number of halogens is 1. The van der Waals surface area contributed by atoms with Gasteiger partial charge in [0.1, 0.15) is 22.3 Å². The summed E-state index contributed by atoms with van der Waals surface area (Å²) in [6.45, 7) is 1.97. The molecule has 1 atom stereocenters. The van der Waals surface area contributed by atoms with Crippen molar-refractivity contribution in [2.45, 2.75) is 23.6 Å². The zero-order valence-electron chi connectivity index (χ0n) is 16.6. The Morgan fingerprint density at radius 1 is 1.13 bits per heavy atom. The van der Waals surface area contributed by atoms with Crippen LogP contribution in [-0.4, -0.2) is 32.9 Å². The second-order valence-corrected chi connectivity index (χ2v) is 8.78. The summed E-state index contributed by atoms with van der Waals surface area (Å²) in [5.41, 5.74) is 3.89. The van der Waals surface area contributed by atoms with Crippen LogP contribution in [0.15, 0.2) is 76.6 Å². The quantitative estimate of drug-likeness (QED) is 0.195. The number of fused-ring (bicyclic) bond motifs is 1. The number of carbonyl (C=O) groups excluding carboxylic acids is 1. The Labute approximate surface area is 187 Å². The molecule has 0 unspecified atom stereocenters. The maximum atomic E-state index is 12.2. The summed E-state index contributed by atoms with van der Waals surface area (Å²) in [5, 5.41) is 1.37. The van der Waals surface area contributed by atoms with Crippen molar-refractivity contribution >= 4 is 44.7 Å². The second-order valence-electron chi connectivity index (χ2n) is 6.67. The summed E-state index contributed by atoms with van der Waals surface area (Å²) in [5.74, 6) is -0.247. The lowest BCUT2D eigenvalue weighted by molar-refractivity contribution is -0.140. The van der Waals surface area contributed by atoms with Gasteiger partial charge in [-0.25, -0.2) is 9.97 Å². The van der Waals surface area contributed by atoms with Crippen LogP contribution in [-0.2, 0) is 9.53 Å². The summed E-state index contributed by atoms with van der Waals surface area (Å²) in [6.07, 6.45) is 4.29. The van der Waals surface area contributed by atoms with E-state index in [1.807, 2.05) is 49.4 Å². The minimum absolute atomic E-state index is 0.247. The number of thioether (sulfide) groups is 1. The number of methoxy groups -OCH3 is 1. The molecular formula is C23H20BrN3O2S. The molecule has 0 N–H and O–H groups in total. The van der Waals surface area contributed by atoms with Crippen molar-refractivity contribution in [1.29, 1.82) is 0 Å². The van der Waals surface area contributed by atoms with E-state index in [2.05, 4.69) is 48.8 Å². The van der Waals surface area contributed by atoms with Gasteiger partial charge in [0.05, 0.1) is 12.5 Å². The number of benzene rings is 2. The van der Waals surface area contributed by atoms with Gasteiger partial charge < -0.3 is 9.30 Å². The van der Waals surface area contributed by atoms with E-state index in [0.29, 0.717) is 6.42 Å². The molecule has 0 spiro atoms. The normalized spacial score (nSPS) is 12.1. The van der Waals surface area contributed by atoms with Crippen LogP contribution in [0.25, 0.3) is 27.8 Å². The number of nitrogens with zero attached hydrogens (tertiary/aromatic N) is 3. The minimum atomic E-state index is -0.326. The molecular weight excluding hydrogens is 462 g/mol. The number of hydrogen-bond acceptors (Lipinski definition) is 5. The number of rotatable bonds is 6. The fourth-order valence-corrected chi connectivity index (χ4v) is 4.64. The Kier molecular flexibility index (Phi) is 6.20. The standard InChI is InChI=1S/C23H20BrN3O2S/c1-3-19(23(28)29-2)30-22-20-18(15-7-5-4-6-8-15)13-27(21(20)25-14-26-22)17-11-9-16(24)10-12-17/h4-14,19H,3H2,1-2H3/t19-/m1/s1. The monoisotopic (exact) mass is 481 g/mol. The first-order valence-corrected chi connectivity index (χ1v) is 11.2. The summed E-state index contributed by atoms with van der Waals surface area (Å²) in [4.78, 5) is 21.3. The number of carbonyl (C=O) groups is 1. The molecule has 5 nitrogen and oxygen atoms in total. The first kappa shape index (κ1) is 20.6.